The van der Waals surface area contributed by atoms with Gasteiger partial charge in [-0.15, -0.1) is 0 Å². The fraction of sp³-hybridized carbons (Fsp3) is 0.633. The van der Waals surface area contributed by atoms with Crippen LogP contribution in [0.25, 0.3) is 10.9 Å². The van der Waals surface area contributed by atoms with E-state index in [2.05, 4.69) is 10.6 Å². The number of benzene rings is 1. The van der Waals surface area contributed by atoms with Crippen LogP contribution >= 0.6 is 0 Å². The van der Waals surface area contributed by atoms with E-state index < -0.39 is 94.0 Å². The fourth-order valence-corrected chi connectivity index (χ4v) is 9.52. The van der Waals surface area contributed by atoms with Crippen molar-refractivity contribution >= 4 is 64.4 Å². The lowest BCUT2D eigenvalue weighted by Crippen LogP contribution is -2.61. The Morgan fingerprint density at radius 2 is 1.64 bits per heavy atom. The number of fused-ring (bicyclic) bond motifs is 5. The van der Waals surface area contributed by atoms with Crippen molar-refractivity contribution in [1.29, 1.82) is 0 Å². The number of carboxylic acid groups (broad SMARTS) is 1. The maximum atomic E-state index is 13.8. The predicted octanol–water partition coefficient (Wildman–Crippen LogP) is 2.87. The molecular weight excluding hydrogens is 915 g/mol. The van der Waals surface area contributed by atoms with Crippen LogP contribution < -0.4 is 21.1 Å². The number of nitrogens with zero attached hydrogens (tertiary/aromatic N) is 2. The van der Waals surface area contributed by atoms with Crippen LogP contribution in [0, 0.1) is 22.7 Å². The molecule has 4 unspecified atom stereocenters. The molecule has 0 spiro atoms. The summed E-state index contributed by atoms with van der Waals surface area (Å²) in [5.41, 5.74) is 4.55. The molecule has 2 saturated heterocycles. The molecule has 3 aliphatic heterocycles. The van der Waals surface area contributed by atoms with Crippen molar-refractivity contribution in [3.63, 3.8) is 0 Å². The van der Waals surface area contributed by atoms with Gasteiger partial charge in [0.15, 0.2) is 5.60 Å². The molecule has 2 fully saturated rings. The third-order valence-corrected chi connectivity index (χ3v) is 13.7. The molecule has 0 bridgehead atoms. The number of cyclic esters (lactones) is 1. The highest BCUT2D eigenvalue weighted by Crippen LogP contribution is 2.51. The molecule has 0 saturated carbocycles. The molecule has 384 valence electrons. The zero-order valence-corrected chi connectivity index (χ0v) is 41.0. The number of aryl methyl sites for hydroxylation is 1. The van der Waals surface area contributed by atoms with Crippen molar-refractivity contribution in [2.24, 2.45) is 28.4 Å². The van der Waals surface area contributed by atoms with E-state index in [0.29, 0.717) is 31.3 Å². The van der Waals surface area contributed by atoms with Crippen LogP contribution in [-0.4, -0.2) is 124 Å². The first kappa shape index (κ1) is 54.7. The van der Waals surface area contributed by atoms with E-state index in [4.69, 9.17) is 39.5 Å². The summed E-state index contributed by atoms with van der Waals surface area (Å²) in [5, 5.41) is 26.1. The Bertz CT molecular complexity index is 2350. The van der Waals surface area contributed by atoms with E-state index in [1.165, 1.54) is 0 Å². The normalized spacial score (nSPS) is 21.2. The zero-order valence-electron chi connectivity index (χ0n) is 41.0. The molecule has 0 aliphatic carbocycles. The Labute approximate surface area is 406 Å². The third kappa shape index (κ3) is 12.4. The minimum absolute atomic E-state index is 0.0414. The molecular formula is C49H67N5O16. The minimum atomic E-state index is -1.76. The standard InChI is InChI=1S/C49H67N5O16/c1-8-28-29-22-27(12-14-35(29)53-40-30(28)24-54-36(40)23-32-31(42(54)59)25-69-46(64)49(32,65)11-4)70-39(57)17-16-38(56)66-20-21-68-45(63)48(7,10-3)26-47(5,6)44(62)67-19-18-51-41(58)34(9-2)52-37(55)15-13-33(50)43(60)61/h12,14,22,31-34,36,65H,8-11,13,15-21,23-26,50H2,1-7H3,(H,51,58)(H,52,55)(H,60,61)/t31?,32?,33-,34+,36?,48?,49+/m0/s1. The summed E-state index contributed by atoms with van der Waals surface area (Å²) < 4.78 is 26.9. The Kier molecular flexibility index (Phi) is 18.1. The van der Waals surface area contributed by atoms with Crippen molar-refractivity contribution in [1.82, 2.24) is 20.5 Å². The molecule has 21 nitrogen and oxygen atoms in total. The van der Waals surface area contributed by atoms with E-state index in [0.717, 1.165) is 22.2 Å². The second kappa shape index (κ2) is 23.1. The highest BCUT2D eigenvalue weighted by molar-refractivity contribution is 5.91. The van der Waals surface area contributed by atoms with Crippen molar-refractivity contribution in [3.05, 3.63) is 35.0 Å². The number of pyridine rings is 1. The quantitative estimate of drug-likeness (QED) is 0.0437. The van der Waals surface area contributed by atoms with Crippen molar-refractivity contribution < 1.29 is 77.0 Å². The number of amides is 3. The number of ether oxygens (including phenoxy) is 5. The van der Waals surface area contributed by atoms with Crippen LogP contribution in [0.1, 0.15) is 129 Å². The van der Waals surface area contributed by atoms with Gasteiger partial charge in [-0.1, -0.05) is 27.7 Å². The van der Waals surface area contributed by atoms with Crippen LogP contribution in [0.3, 0.4) is 0 Å². The van der Waals surface area contributed by atoms with Crippen LogP contribution in [0.4, 0.5) is 0 Å². The second-order valence-corrected chi connectivity index (χ2v) is 19.0. The highest BCUT2D eigenvalue weighted by atomic mass is 16.6. The predicted molar refractivity (Wildman–Crippen MR) is 247 cm³/mol. The van der Waals surface area contributed by atoms with Gasteiger partial charge in [-0.2, -0.15) is 0 Å². The number of piperidine rings is 1. The number of nitrogens with one attached hydrogen (secondary N) is 2. The average Bonchev–Trinajstić information content (AvgIpc) is 3.70. The molecule has 3 aliphatic rings. The number of hydrogen-bond acceptors (Lipinski definition) is 17. The highest BCUT2D eigenvalue weighted by Gasteiger charge is 2.59. The van der Waals surface area contributed by atoms with Crippen molar-refractivity contribution in [2.45, 2.75) is 143 Å². The van der Waals surface area contributed by atoms with Gasteiger partial charge < -0.3 is 55.2 Å². The van der Waals surface area contributed by atoms with Crippen LogP contribution in [0.5, 0.6) is 5.75 Å². The lowest BCUT2D eigenvalue weighted by Gasteiger charge is -2.48. The molecule has 5 rings (SSSR count). The Morgan fingerprint density at radius 1 is 0.957 bits per heavy atom. The van der Waals surface area contributed by atoms with E-state index >= 15 is 0 Å². The van der Waals surface area contributed by atoms with Crippen molar-refractivity contribution in [3.8, 4) is 5.75 Å². The molecule has 1 aromatic heterocycles. The van der Waals surface area contributed by atoms with Gasteiger partial charge in [0, 0.05) is 24.3 Å². The van der Waals surface area contributed by atoms with Crippen molar-refractivity contribution in [2.75, 3.05) is 33.0 Å². The molecule has 2 aromatic rings. The van der Waals surface area contributed by atoms with Crippen LogP contribution in [0.2, 0.25) is 0 Å². The average molecular weight is 982 g/mol. The minimum Gasteiger partial charge on any atom is -0.480 e. The van der Waals surface area contributed by atoms with E-state index in [-0.39, 0.29) is 89.6 Å². The number of aliphatic hydroxyl groups is 1. The van der Waals surface area contributed by atoms with Gasteiger partial charge in [0.1, 0.15) is 44.3 Å². The summed E-state index contributed by atoms with van der Waals surface area (Å²) in [6.45, 7) is 11.4. The first-order chi connectivity index (χ1) is 33.0. The number of esters is 5. The lowest BCUT2D eigenvalue weighted by atomic mass is 9.69. The molecule has 6 N–H and O–H groups in total. The molecule has 1 aromatic carbocycles. The Morgan fingerprint density at radius 3 is 2.30 bits per heavy atom. The number of rotatable bonds is 24. The van der Waals surface area contributed by atoms with Gasteiger partial charge in [-0.3, -0.25) is 43.3 Å². The van der Waals surface area contributed by atoms with E-state index in [1.807, 2.05) is 6.92 Å². The number of carboxylic acids is 1. The number of carbonyl (C=O) groups excluding carboxylic acids is 8. The number of aromatic nitrogens is 1. The summed E-state index contributed by atoms with van der Waals surface area (Å²) in [6.07, 6.45) is 0.796. The third-order valence-electron chi connectivity index (χ3n) is 13.7. The molecule has 7 atom stereocenters. The van der Waals surface area contributed by atoms with E-state index in [9.17, 15) is 48.3 Å². The number of nitrogens with two attached hydrogens (primary N) is 1. The molecule has 3 amide bonds. The maximum absolute atomic E-state index is 13.8. The van der Waals surface area contributed by atoms with Gasteiger partial charge in [-0.25, -0.2) is 4.79 Å². The van der Waals surface area contributed by atoms with Gasteiger partial charge in [-0.05, 0) is 95.0 Å². The summed E-state index contributed by atoms with van der Waals surface area (Å²) in [7, 11) is 0. The summed E-state index contributed by atoms with van der Waals surface area (Å²) in [6, 6.07) is 2.50. The Balaban J connectivity index is 1.04. The topological polar surface area (TPSA) is 306 Å². The van der Waals surface area contributed by atoms with Gasteiger partial charge in [0.25, 0.3) is 0 Å². The first-order valence-electron chi connectivity index (χ1n) is 24.0. The van der Waals surface area contributed by atoms with Gasteiger partial charge >= 0.3 is 35.8 Å². The number of hydrogen-bond donors (Lipinski definition) is 5. The molecule has 0 radical (unpaired) electrons. The van der Waals surface area contributed by atoms with Gasteiger partial charge in [0.05, 0.1) is 53.4 Å². The summed E-state index contributed by atoms with van der Waals surface area (Å²) >= 11 is 0. The van der Waals surface area contributed by atoms with Gasteiger partial charge in [0.2, 0.25) is 17.7 Å². The number of aliphatic carboxylic acids is 1. The van der Waals surface area contributed by atoms with Crippen LogP contribution in [-0.2, 0) is 75.1 Å². The van der Waals surface area contributed by atoms with Crippen LogP contribution in [0.15, 0.2) is 18.2 Å². The number of carbonyl (C=O) groups is 9. The van der Waals surface area contributed by atoms with E-state index in [1.54, 1.807) is 64.6 Å². The Hall–Kier alpha value is -6.22. The SMILES string of the molecule is CCc1c2c(nc3ccc(OC(=O)CCC(=O)OCCOC(=O)C(C)(CC)CC(C)(C)C(=O)OCCNC(=O)[C@@H](CC)NC(=O)CC[C@H](N)C(=O)O)cc13)C1CC3C(COC(=O)[C@@]3(O)CC)C(=O)N1C2. The lowest BCUT2D eigenvalue weighted by molar-refractivity contribution is -0.202. The molecule has 4 heterocycles. The summed E-state index contributed by atoms with van der Waals surface area (Å²) in [4.78, 5) is 121. The summed E-state index contributed by atoms with van der Waals surface area (Å²) in [5.74, 6) is -6.84. The fourth-order valence-electron chi connectivity index (χ4n) is 9.52. The second-order valence-electron chi connectivity index (χ2n) is 19.0. The zero-order chi connectivity index (χ0) is 51.7. The first-order valence-corrected chi connectivity index (χ1v) is 24.0. The monoisotopic (exact) mass is 981 g/mol. The largest absolute Gasteiger partial charge is 0.480 e. The molecule has 70 heavy (non-hydrogen) atoms. The molecule has 21 heteroatoms. The maximum Gasteiger partial charge on any atom is 0.338 e. The smallest absolute Gasteiger partial charge is 0.338 e.